The summed E-state index contributed by atoms with van der Waals surface area (Å²) in [4.78, 5) is 28.2. The summed E-state index contributed by atoms with van der Waals surface area (Å²) in [5, 5.41) is 0. The van der Waals surface area contributed by atoms with Crippen molar-refractivity contribution in [3.05, 3.63) is 0 Å². The second kappa shape index (κ2) is 3.72. The van der Waals surface area contributed by atoms with E-state index in [1.165, 1.54) is 6.42 Å². The molecule has 94 valence electrons. The van der Waals surface area contributed by atoms with Gasteiger partial charge in [0.25, 0.3) is 0 Å². The Hall–Kier alpha value is -1.06. The zero-order chi connectivity index (χ0) is 12.2. The van der Waals surface area contributed by atoms with Crippen LogP contribution in [0, 0.1) is 11.8 Å². The second-order valence-electron chi connectivity index (χ2n) is 5.83. The van der Waals surface area contributed by atoms with Gasteiger partial charge in [0, 0.05) is 13.1 Å². The molecule has 0 N–H and O–H groups in total. The monoisotopic (exact) mass is 236 g/mol. The lowest BCUT2D eigenvalue weighted by Crippen LogP contribution is -2.62. The van der Waals surface area contributed by atoms with Gasteiger partial charge in [0.1, 0.15) is 12.1 Å². The van der Waals surface area contributed by atoms with Gasteiger partial charge in [-0.25, -0.2) is 0 Å². The summed E-state index contributed by atoms with van der Waals surface area (Å²) in [5.74, 6) is 1.70. The molecule has 0 spiro atoms. The van der Waals surface area contributed by atoms with Crippen LogP contribution in [0.1, 0.15) is 33.1 Å². The van der Waals surface area contributed by atoms with Crippen molar-refractivity contribution in [3.63, 3.8) is 0 Å². The molecule has 1 aliphatic carbocycles. The van der Waals surface area contributed by atoms with Crippen molar-refractivity contribution in [1.82, 2.24) is 9.80 Å². The molecule has 2 heterocycles. The lowest BCUT2D eigenvalue weighted by atomic mass is 10.1. The summed E-state index contributed by atoms with van der Waals surface area (Å²) in [5.41, 5.74) is 0. The third-order valence-corrected chi connectivity index (χ3v) is 4.64. The van der Waals surface area contributed by atoms with E-state index in [4.69, 9.17) is 0 Å². The number of fused-ring (bicyclic) bond motifs is 1. The average molecular weight is 236 g/mol. The first-order valence-corrected chi connectivity index (χ1v) is 6.70. The fourth-order valence-corrected chi connectivity index (χ4v) is 3.20. The van der Waals surface area contributed by atoms with E-state index in [2.05, 4.69) is 6.92 Å². The van der Waals surface area contributed by atoms with Gasteiger partial charge in [-0.15, -0.1) is 0 Å². The van der Waals surface area contributed by atoms with Gasteiger partial charge in [0.05, 0.1) is 0 Å². The fourth-order valence-electron chi connectivity index (χ4n) is 3.20. The highest BCUT2D eigenvalue weighted by Gasteiger charge is 2.48. The van der Waals surface area contributed by atoms with Crippen LogP contribution in [-0.2, 0) is 9.59 Å². The van der Waals surface area contributed by atoms with Crippen molar-refractivity contribution in [2.24, 2.45) is 11.8 Å². The maximum atomic E-state index is 12.4. The number of rotatable bonds is 2. The summed E-state index contributed by atoms with van der Waals surface area (Å²) in [6.07, 6.45) is 3.04. The molecule has 4 nitrogen and oxygen atoms in total. The van der Waals surface area contributed by atoms with Crippen molar-refractivity contribution >= 4 is 11.8 Å². The Bertz CT molecular complexity index is 368. The highest BCUT2D eigenvalue weighted by atomic mass is 16.2. The number of piperazine rings is 1. The Morgan fingerprint density at radius 1 is 1.24 bits per heavy atom. The minimum Gasteiger partial charge on any atom is -0.329 e. The molecule has 4 heteroatoms. The van der Waals surface area contributed by atoms with E-state index in [0.29, 0.717) is 5.92 Å². The summed E-state index contributed by atoms with van der Waals surface area (Å²) >= 11 is 0. The Kier molecular flexibility index (Phi) is 2.42. The van der Waals surface area contributed by atoms with E-state index in [1.54, 1.807) is 4.90 Å². The van der Waals surface area contributed by atoms with Crippen LogP contribution in [0.4, 0.5) is 0 Å². The van der Waals surface area contributed by atoms with Crippen molar-refractivity contribution in [1.29, 1.82) is 0 Å². The maximum Gasteiger partial charge on any atom is 0.246 e. The largest absolute Gasteiger partial charge is 0.329 e. The van der Waals surface area contributed by atoms with Crippen molar-refractivity contribution < 1.29 is 9.59 Å². The summed E-state index contributed by atoms with van der Waals surface area (Å²) in [6.45, 7) is 5.65. The van der Waals surface area contributed by atoms with Crippen LogP contribution >= 0.6 is 0 Å². The van der Waals surface area contributed by atoms with Gasteiger partial charge in [0.2, 0.25) is 11.8 Å². The van der Waals surface area contributed by atoms with E-state index in [9.17, 15) is 9.59 Å². The third-order valence-electron chi connectivity index (χ3n) is 4.64. The number of carbonyl (C=O) groups excluding carboxylic acids is 2. The molecule has 3 fully saturated rings. The van der Waals surface area contributed by atoms with Gasteiger partial charge in [-0.05, 0) is 38.0 Å². The standard InChI is InChI=1S/C13H20N2O2/c1-8-6-10(8)7-15-9(2)12(16)14-5-3-4-11(14)13(15)17/h8-11H,3-7H2,1-2H3. The summed E-state index contributed by atoms with van der Waals surface area (Å²) < 4.78 is 0. The Balaban J connectivity index is 1.78. The average Bonchev–Trinajstić information content (AvgIpc) is 2.82. The fraction of sp³-hybridized carbons (Fsp3) is 0.846. The number of hydrogen-bond donors (Lipinski definition) is 0. The molecular formula is C13H20N2O2. The van der Waals surface area contributed by atoms with E-state index < -0.39 is 0 Å². The molecule has 0 aromatic carbocycles. The van der Waals surface area contributed by atoms with E-state index in [-0.39, 0.29) is 23.9 Å². The van der Waals surface area contributed by atoms with Gasteiger partial charge < -0.3 is 9.80 Å². The van der Waals surface area contributed by atoms with E-state index in [0.717, 1.165) is 31.8 Å². The van der Waals surface area contributed by atoms with Gasteiger partial charge >= 0.3 is 0 Å². The summed E-state index contributed by atoms with van der Waals surface area (Å²) in [6, 6.07) is -0.391. The minimum atomic E-state index is -0.246. The van der Waals surface area contributed by atoms with Crippen molar-refractivity contribution in [2.45, 2.75) is 45.2 Å². The topological polar surface area (TPSA) is 40.6 Å². The van der Waals surface area contributed by atoms with Crippen molar-refractivity contribution in [2.75, 3.05) is 13.1 Å². The van der Waals surface area contributed by atoms with Crippen molar-refractivity contribution in [3.8, 4) is 0 Å². The molecular weight excluding hydrogens is 216 g/mol. The molecule has 3 rings (SSSR count). The molecule has 1 saturated carbocycles. The van der Waals surface area contributed by atoms with Crippen LogP contribution in [0.15, 0.2) is 0 Å². The highest BCUT2D eigenvalue weighted by molar-refractivity contribution is 5.97. The normalized spacial score (nSPS) is 40.8. The molecule has 17 heavy (non-hydrogen) atoms. The van der Waals surface area contributed by atoms with Crippen LogP contribution in [0.5, 0.6) is 0 Å². The zero-order valence-corrected chi connectivity index (χ0v) is 10.6. The molecule has 4 unspecified atom stereocenters. The van der Waals surface area contributed by atoms with Crippen LogP contribution in [0.3, 0.4) is 0 Å². The first-order valence-electron chi connectivity index (χ1n) is 6.70. The molecule has 4 atom stereocenters. The molecule has 2 amide bonds. The molecule has 0 bridgehead atoms. The quantitative estimate of drug-likeness (QED) is 0.713. The SMILES string of the molecule is CC1CC1CN1C(=O)C2CCCN2C(=O)C1C. The lowest BCUT2D eigenvalue weighted by molar-refractivity contribution is -0.158. The van der Waals surface area contributed by atoms with Crippen LogP contribution in [0.2, 0.25) is 0 Å². The molecule has 0 aromatic rings. The molecule has 3 aliphatic rings. The van der Waals surface area contributed by atoms with Gasteiger partial charge in [0.15, 0.2) is 0 Å². The molecule has 0 radical (unpaired) electrons. The second-order valence-corrected chi connectivity index (χ2v) is 5.83. The molecule has 2 aliphatic heterocycles. The number of hydrogen-bond acceptors (Lipinski definition) is 2. The predicted octanol–water partition coefficient (Wildman–Crippen LogP) is 0.864. The first-order chi connectivity index (χ1) is 8.09. The Morgan fingerprint density at radius 3 is 2.59 bits per heavy atom. The Morgan fingerprint density at radius 2 is 1.94 bits per heavy atom. The van der Waals surface area contributed by atoms with Crippen LogP contribution < -0.4 is 0 Å². The number of carbonyl (C=O) groups is 2. The summed E-state index contributed by atoms with van der Waals surface area (Å²) in [7, 11) is 0. The smallest absolute Gasteiger partial charge is 0.246 e. The van der Waals surface area contributed by atoms with Crippen LogP contribution in [0.25, 0.3) is 0 Å². The van der Waals surface area contributed by atoms with E-state index >= 15 is 0 Å². The lowest BCUT2D eigenvalue weighted by Gasteiger charge is -2.41. The minimum absolute atomic E-state index is 0.146. The molecule has 0 aromatic heterocycles. The highest BCUT2D eigenvalue weighted by Crippen LogP contribution is 2.39. The van der Waals surface area contributed by atoms with Gasteiger partial charge in [-0.3, -0.25) is 9.59 Å². The number of nitrogens with zero attached hydrogens (tertiary/aromatic N) is 2. The van der Waals surface area contributed by atoms with E-state index in [1.807, 2.05) is 11.8 Å². The van der Waals surface area contributed by atoms with Crippen LogP contribution in [-0.4, -0.2) is 46.8 Å². The van der Waals surface area contributed by atoms with Gasteiger partial charge in [-0.1, -0.05) is 6.92 Å². The first kappa shape index (κ1) is 11.1. The predicted molar refractivity (Wildman–Crippen MR) is 63.2 cm³/mol. The molecule has 2 saturated heterocycles. The Labute approximate surface area is 102 Å². The zero-order valence-electron chi connectivity index (χ0n) is 10.6. The van der Waals surface area contributed by atoms with Gasteiger partial charge in [-0.2, -0.15) is 0 Å². The number of amides is 2. The third kappa shape index (κ3) is 1.65. The maximum absolute atomic E-state index is 12.4.